The summed E-state index contributed by atoms with van der Waals surface area (Å²) in [5.74, 6) is -0.145. The number of aromatic nitrogens is 1. The van der Waals surface area contributed by atoms with Crippen LogP contribution in [0.5, 0.6) is 5.88 Å². The molecule has 1 heterocycles. The first kappa shape index (κ1) is 8.56. The Morgan fingerprint density at radius 1 is 1.92 bits per heavy atom. The van der Waals surface area contributed by atoms with Gasteiger partial charge in [0.15, 0.2) is 0 Å². The molecule has 0 fully saturated rings. The predicted octanol–water partition coefficient (Wildman–Crippen LogP) is 0.191. The van der Waals surface area contributed by atoms with Crippen LogP contribution in [0, 0.1) is 11.5 Å². The molecule has 0 aliphatic heterocycles. The topological polar surface area (TPSA) is 64.1 Å². The lowest BCUT2D eigenvalue weighted by atomic mass is 10.6. The van der Waals surface area contributed by atoms with Gasteiger partial charge in [-0.05, 0) is 5.88 Å². The third-order valence-corrected chi connectivity index (χ3v) is 2.06. The van der Waals surface area contributed by atoms with Crippen molar-refractivity contribution in [2.24, 2.45) is 4.99 Å². The summed E-state index contributed by atoms with van der Waals surface area (Å²) in [5.41, 5.74) is 0. The maximum atomic E-state index is 11.1. The van der Waals surface area contributed by atoms with Crippen LogP contribution in [-0.4, -0.2) is 4.57 Å². The average Bonchev–Trinajstić information content (AvgIpc) is 2.37. The Balaban J connectivity index is 3.23. The standard InChI is InChI=1S/C7H7N3OS/c1-2-3-10-6(11)4-12-7(10)9-5-8/h2,4,11H,1,3H2/p-1. The lowest BCUT2D eigenvalue weighted by Gasteiger charge is -2.07. The fraction of sp³-hybridized carbons (Fsp3) is 0.143. The normalized spacial score (nSPS) is 11.1. The number of nitrogens with zero attached hydrogens (tertiary/aromatic N) is 3. The minimum Gasteiger partial charge on any atom is -0.859 e. The van der Waals surface area contributed by atoms with E-state index in [-0.39, 0.29) is 5.88 Å². The molecular formula is C7H6N3OS-. The number of allylic oxidation sites excluding steroid dienone is 1. The second-order valence-electron chi connectivity index (χ2n) is 1.97. The fourth-order valence-corrected chi connectivity index (χ4v) is 1.47. The van der Waals surface area contributed by atoms with Gasteiger partial charge in [-0.3, -0.25) is 0 Å². The van der Waals surface area contributed by atoms with Gasteiger partial charge in [0.05, 0.1) is 0 Å². The molecule has 0 bridgehead atoms. The summed E-state index contributed by atoms with van der Waals surface area (Å²) in [7, 11) is 0. The first-order chi connectivity index (χ1) is 5.79. The lowest BCUT2D eigenvalue weighted by molar-refractivity contribution is -0.278. The third-order valence-electron chi connectivity index (χ3n) is 1.22. The van der Waals surface area contributed by atoms with Crippen LogP contribution in [-0.2, 0) is 6.54 Å². The number of nitriles is 1. The first-order valence-corrected chi connectivity index (χ1v) is 4.06. The largest absolute Gasteiger partial charge is 0.859 e. The molecule has 0 aliphatic rings. The van der Waals surface area contributed by atoms with E-state index in [0.717, 1.165) is 11.3 Å². The Morgan fingerprint density at radius 2 is 2.67 bits per heavy atom. The molecule has 12 heavy (non-hydrogen) atoms. The number of rotatable bonds is 2. The summed E-state index contributed by atoms with van der Waals surface area (Å²) in [6, 6.07) is 0. The zero-order chi connectivity index (χ0) is 8.97. The summed E-state index contributed by atoms with van der Waals surface area (Å²) in [4.78, 5) is 3.90. The second-order valence-corrected chi connectivity index (χ2v) is 2.80. The second kappa shape index (κ2) is 3.74. The first-order valence-electron chi connectivity index (χ1n) is 3.18. The van der Waals surface area contributed by atoms with Crippen molar-refractivity contribution in [1.29, 1.82) is 5.26 Å². The lowest BCUT2D eigenvalue weighted by Crippen LogP contribution is -2.16. The fourth-order valence-electron chi connectivity index (χ4n) is 0.751. The molecule has 0 saturated heterocycles. The average molecular weight is 180 g/mol. The molecule has 0 amide bonds. The molecule has 1 aromatic heterocycles. The zero-order valence-corrected chi connectivity index (χ0v) is 7.04. The maximum Gasteiger partial charge on any atom is 0.208 e. The van der Waals surface area contributed by atoms with Crippen LogP contribution < -0.4 is 9.91 Å². The molecule has 0 N–H and O–H groups in total. The van der Waals surface area contributed by atoms with Gasteiger partial charge in [0.1, 0.15) is 0 Å². The monoisotopic (exact) mass is 180 g/mol. The number of hydrogen-bond donors (Lipinski definition) is 0. The molecule has 1 rings (SSSR count). The Morgan fingerprint density at radius 3 is 3.25 bits per heavy atom. The highest BCUT2D eigenvalue weighted by atomic mass is 32.1. The van der Waals surface area contributed by atoms with E-state index < -0.39 is 0 Å². The molecule has 5 heteroatoms. The van der Waals surface area contributed by atoms with Crippen molar-refractivity contribution in [3.63, 3.8) is 0 Å². The quantitative estimate of drug-likeness (QED) is 0.481. The molecule has 1 aromatic rings. The summed E-state index contributed by atoms with van der Waals surface area (Å²) >= 11 is 1.15. The van der Waals surface area contributed by atoms with Crippen LogP contribution in [0.1, 0.15) is 0 Å². The number of thiazole rings is 1. The van der Waals surface area contributed by atoms with Crippen LogP contribution in [0.2, 0.25) is 0 Å². The highest BCUT2D eigenvalue weighted by molar-refractivity contribution is 7.07. The molecular weight excluding hydrogens is 174 g/mol. The van der Waals surface area contributed by atoms with Gasteiger partial charge in [0.2, 0.25) is 11.0 Å². The Hall–Kier alpha value is -1.54. The molecule has 0 atom stereocenters. The molecule has 0 aromatic carbocycles. The predicted molar refractivity (Wildman–Crippen MR) is 43.1 cm³/mol. The van der Waals surface area contributed by atoms with E-state index in [1.807, 2.05) is 0 Å². The summed E-state index contributed by atoms with van der Waals surface area (Å²) in [6.07, 6.45) is 3.23. The molecule has 0 spiro atoms. The van der Waals surface area contributed by atoms with Gasteiger partial charge in [0, 0.05) is 11.9 Å². The van der Waals surface area contributed by atoms with Gasteiger partial charge in [-0.1, -0.05) is 6.08 Å². The zero-order valence-electron chi connectivity index (χ0n) is 6.23. The SMILES string of the molecule is C=CCn1c([O-])csc1=NC#N. The summed E-state index contributed by atoms with van der Waals surface area (Å²) < 4.78 is 1.39. The van der Waals surface area contributed by atoms with Gasteiger partial charge in [-0.2, -0.15) is 5.26 Å². The van der Waals surface area contributed by atoms with Crippen LogP contribution in [0.4, 0.5) is 0 Å². The number of hydrogen-bond acceptors (Lipinski definition) is 4. The molecule has 0 unspecified atom stereocenters. The highest BCUT2D eigenvalue weighted by Gasteiger charge is 1.93. The van der Waals surface area contributed by atoms with Crippen molar-refractivity contribution < 1.29 is 5.11 Å². The molecule has 4 nitrogen and oxygen atoms in total. The van der Waals surface area contributed by atoms with Gasteiger partial charge in [-0.25, -0.2) is 0 Å². The van der Waals surface area contributed by atoms with Crippen LogP contribution in [0.25, 0.3) is 0 Å². The van der Waals surface area contributed by atoms with E-state index in [4.69, 9.17) is 5.26 Å². The summed E-state index contributed by atoms with van der Waals surface area (Å²) in [6.45, 7) is 3.89. The van der Waals surface area contributed by atoms with Gasteiger partial charge in [0.25, 0.3) is 0 Å². The van der Waals surface area contributed by atoms with Gasteiger partial charge < -0.3 is 9.67 Å². The van der Waals surface area contributed by atoms with Crippen molar-refractivity contribution in [2.75, 3.05) is 0 Å². The Bertz CT molecular complexity index is 382. The third kappa shape index (κ3) is 1.54. The molecule has 0 radical (unpaired) electrons. The smallest absolute Gasteiger partial charge is 0.208 e. The van der Waals surface area contributed by atoms with E-state index in [9.17, 15) is 5.11 Å². The van der Waals surface area contributed by atoms with Crippen LogP contribution in [0.3, 0.4) is 0 Å². The van der Waals surface area contributed by atoms with Gasteiger partial charge >= 0.3 is 0 Å². The molecule has 0 aliphatic carbocycles. The van der Waals surface area contributed by atoms with Gasteiger partial charge in [-0.15, -0.1) is 22.9 Å². The van der Waals surface area contributed by atoms with E-state index in [2.05, 4.69) is 11.6 Å². The highest BCUT2D eigenvalue weighted by Crippen LogP contribution is 2.04. The van der Waals surface area contributed by atoms with Crippen molar-refractivity contribution in [1.82, 2.24) is 4.57 Å². The van der Waals surface area contributed by atoms with E-state index in [1.54, 1.807) is 12.3 Å². The van der Waals surface area contributed by atoms with Crippen molar-refractivity contribution >= 4 is 11.3 Å². The molecule has 0 saturated carbocycles. The minimum atomic E-state index is -0.145. The van der Waals surface area contributed by atoms with Crippen molar-refractivity contribution in [2.45, 2.75) is 6.54 Å². The minimum absolute atomic E-state index is 0.145. The maximum absolute atomic E-state index is 11.1. The van der Waals surface area contributed by atoms with E-state index in [0.29, 0.717) is 11.3 Å². The Labute approximate surface area is 73.4 Å². The van der Waals surface area contributed by atoms with Crippen LogP contribution >= 0.6 is 11.3 Å². The van der Waals surface area contributed by atoms with E-state index in [1.165, 1.54) is 9.95 Å². The Kier molecular flexibility index (Phi) is 2.66. The van der Waals surface area contributed by atoms with E-state index >= 15 is 0 Å². The molecule has 62 valence electrons. The van der Waals surface area contributed by atoms with Crippen molar-refractivity contribution in [3.8, 4) is 12.1 Å². The summed E-state index contributed by atoms with van der Waals surface area (Å²) in [5, 5.41) is 20.7. The van der Waals surface area contributed by atoms with Crippen molar-refractivity contribution in [3.05, 3.63) is 22.8 Å². The van der Waals surface area contributed by atoms with Crippen LogP contribution in [0.15, 0.2) is 23.0 Å².